The second-order valence-electron chi connectivity index (χ2n) is 4.04. The van der Waals surface area contributed by atoms with Crippen LogP contribution in [0.4, 0.5) is 0 Å². The predicted molar refractivity (Wildman–Crippen MR) is 54.6 cm³/mol. The third-order valence-corrected chi connectivity index (χ3v) is 2.86. The molecule has 2 radical (unpaired) electrons. The van der Waals surface area contributed by atoms with Crippen molar-refractivity contribution in [2.45, 2.75) is 52.4 Å². The summed E-state index contributed by atoms with van der Waals surface area (Å²) in [7, 11) is 0. The van der Waals surface area contributed by atoms with Crippen molar-refractivity contribution in [3.63, 3.8) is 0 Å². The van der Waals surface area contributed by atoms with Crippen molar-refractivity contribution in [2.75, 3.05) is 0 Å². The van der Waals surface area contributed by atoms with Gasteiger partial charge in [-0.2, -0.15) is 0 Å². The molecule has 12 heavy (non-hydrogen) atoms. The molecule has 1 saturated carbocycles. The topological polar surface area (TPSA) is 0 Å². The fourth-order valence-corrected chi connectivity index (χ4v) is 2.14. The smallest absolute Gasteiger partial charge is 0.0352 e. The van der Waals surface area contributed by atoms with Crippen molar-refractivity contribution in [3.05, 3.63) is 12.8 Å². The molecule has 70 valence electrons. The Kier molecular flexibility index (Phi) is 4.72. The molecule has 0 aromatic rings. The van der Waals surface area contributed by atoms with E-state index in [1.54, 1.807) is 0 Å². The molecule has 1 rings (SSSR count). The van der Waals surface area contributed by atoms with E-state index in [1.807, 2.05) is 0 Å². The van der Waals surface area contributed by atoms with Gasteiger partial charge in [0.25, 0.3) is 0 Å². The minimum Gasteiger partial charge on any atom is -0.0654 e. The van der Waals surface area contributed by atoms with E-state index in [9.17, 15) is 0 Å². The van der Waals surface area contributed by atoms with Crippen LogP contribution in [-0.2, 0) is 0 Å². The minimum atomic E-state index is 0.906. The van der Waals surface area contributed by atoms with Crippen molar-refractivity contribution in [1.82, 2.24) is 0 Å². The Morgan fingerprint density at radius 3 is 1.58 bits per heavy atom. The molecule has 0 nitrogen and oxygen atoms in total. The van der Waals surface area contributed by atoms with E-state index >= 15 is 0 Å². The average Bonchev–Trinajstić information content (AvgIpc) is 2.09. The summed E-state index contributed by atoms with van der Waals surface area (Å²) >= 11 is 0. The van der Waals surface area contributed by atoms with Crippen LogP contribution in [0.25, 0.3) is 0 Å². The van der Waals surface area contributed by atoms with Crippen molar-refractivity contribution < 1.29 is 0 Å². The molecule has 1 aliphatic rings. The van der Waals surface area contributed by atoms with Gasteiger partial charge in [-0.25, -0.2) is 0 Å². The van der Waals surface area contributed by atoms with Crippen LogP contribution in [0, 0.1) is 24.7 Å². The highest BCUT2D eigenvalue weighted by molar-refractivity contribution is 4.93. The molecule has 0 heterocycles. The first kappa shape index (κ1) is 10.1. The molecule has 2 atom stereocenters. The highest BCUT2D eigenvalue weighted by atomic mass is 14.2. The van der Waals surface area contributed by atoms with Crippen LogP contribution in [0.1, 0.15) is 52.4 Å². The zero-order chi connectivity index (χ0) is 8.81. The molecule has 0 spiro atoms. The van der Waals surface area contributed by atoms with Crippen LogP contribution in [0.3, 0.4) is 0 Å². The predicted octanol–water partition coefficient (Wildman–Crippen LogP) is 4.02. The molecule has 0 amide bonds. The third-order valence-electron chi connectivity index (χ3n) is 2.86. The van der Waals surface area contributed by atoms with Crippen LogP contribution in [0.5, 0.6) is 0 Å². The lowest BCUT2D eigenvalue weighted by molar-refractivity contribution is 0.388. The summed E-state index contributed by atoms with van der Waals surface area (Å²) in [5, 5.41) is 0. The zero-order valence-electron chi connectivity index (χ0n) is 8.55. The first-order valence-corrected chi connectivity index (χ1v) is 5.53. The molecule has 0 bridgehead atoms. The van der Waals surface area contributed by atoms with Crippen LogP contribution < -0.4 is 0 Å². The van der Waals surface area contributed by atoms with Crippen LogP contribution in [0.15, 0.2) is 0 Å². The molecule has 0 aromatic carbocycles. The molecule has 1 aliphatic carbocycles. The van der Waals surface area contributed by atoms with Gasteiger partial charge in [-0.15, -0.1) is 0 Å². The monoisotopic (exact) mass is 166 g/mol. The fraction of sp³-hybridized carbons (Fsp3) is 0.833. The van der Waals surface area contributed by atoms with E-state index in [0.29, 0.717) is 0 Å². The van der Waals surface area contributed by atoms with E-state index in [4.69, 9.17) is 0 Å². The van der Waals surface area contributed by atoms with Gasteiger partial charge in [0.15, 0.2) is 0 Å². The average molecular weight is 166 g/mol. The van der Waals surface area contributed by atoms with Gasteiger partial charge >= 0.3 is 0 Å². The van der Waals surface area contributed by atoms with Crippen LogP contribution >= 0.6 is 0 Å². The van der Waals surface area contributed by atoms with E-state index in [-0.39, 0.29) is 0 Å². The summed E-state index contributed by atoms with van der Waals surface area (Å²) in [6.45, 7) is 4.57. The molecule has 0 N–H and O–H groups in total. The van der Waals surface area contributed by atoms with E-state index < -0.39 is 0 Å². The maximum atomic E-state index is 2.56. The quantitative estimate of drug-likeness (QED) is 0.591. The molecular weight excluding hydrogens is 144 g/mol. The van der Waals surface area contributed by atoms with Gasteiger partial charge in [-0.1, -0.05) is 39.5 Å². The van der Waals surface area contributed by atoms with Gasteiger partial charge in [0, 0.05) is 0 Å². The van der Waals surface area contributed by atoms with Gasteiger partial charge in [0.2, 0.25) is 0 Å². The largest absolute Gasteiger partial charge is 0.0654 e. The molecule has 0 aromatic heterocycles. The Labute approximate surface area is 77.7 Å². The lowest BCUT2D eigenvalue weighted by Crippen LogP contribution is -2.15. The minimum absolute atomic E-state index is 0.906. The van der Waals surface area contributed by atoms with Gasteiger partial charge in [-0.05, 0) is 37.5 Å². The maximum absolute atomic E-state index is 2.56. The van der Waals surface area contributed by atoms with Gasteiger partial charge in [-0.3, -0.25) is 0 Å². The summed E-state index contributed by atoms with van der Waals surface area (Å²) in [4.78, 5) is 0. The van der Waals surface area contributed by atoms with Crippen molar-refractivity contribution >= 4 is 0 Å². The lowest BCUT2D eigenvalue weighted by Gasteiger charge is -2.27. The highest BCUT2D eigenvalue weighted by Gasteiger charge is 2.19. The number of rotatable bonds is 4. The molecule has 0 saturated heterocycles. The summed E-state index contributed by atoms with van der Waals surface area (Å²) in [6, 6.07) is 0. The lowest BCUT2D eigenvalue weighted by atomic mass is 9.78. The second kappa shape index (κ2) is 5.61. The summed E-state index contributed by atoms with van der Waals surface area (Å²) < 4.78 is 0. The first-order chi connectivity index (χ1) is 5.86. The van der Waals surface area contributed by atoms with Crippen LogP contribution in [0.2, 0.25) is 0 Å². The number of hydrogen-bond acceptors (Lipinski definition) is 0. The zero-order valence-corrected chi connectivity index (χ0v) is 8.55. The molecule has 0 aliphatic heterocycles. The van der Waals surface area contributed by atoms with Crippen LogP contribution in [-0.4, -0.2) is 0 Å². The van der Waals surface area contributed by atoms with Gasteiger partial charge < -0.3 is 0 Å². The number of hydrogen-bond donors (Lipinski definition) is 0. The van der Waals surface area contributed by atoms with Crippen molar-refractivity contribution in [3.8, 4) is 0 Å². The van der Waals surface area contributed by atoms with E-state index in [0.717, 1.165) is 11.8 Å². The Morgan fingerprint density at radius 1 is 0.917 bits per heavy atom. The Morgan fingerprint density at radius 2 is 1.33 bits per heavy atom. The van der Waals surface area contributed by atoms with Gasteiger partial charge in [0.1, 0.15) is 0 Å². The molecule has 1 fully saturated rings. The second-order valence-corrected chi connectivity index (χ2v) is 4.04. The van der Waals surface area contributed by atoms with Gasteiger partial charge in [0.05, 0.1) is 0 Å². The normalized spacial score (nSPS) is 30.5. The molecular formula is C12H22. The Hall–Kier alpha value is 0. The fourth-order valence-electron chi connectivity index (χ4n) is 2.14. The Bertz CT molecular complexity index is 84.6. The first-order valence-electron chi connectivity index (χ1n) is 5.53. The van der Waals surface area contributed by atoms with Crippen molar-refractivity contribution in [1.29, 1.82) is 0 Å². The molecule has 2 unspecified atom stereocenters. The highest BCUT2D eigenvalue weighted by Crippen LogP contribution is 2.31. The summed E-state index contributed by atoms with van der Waals surface area (Å²) in [5.41, 5.74) is 0. The van der Waals surface area contributed by atoms with E-state index in [2.05, 4.69) is 26.7 Å². The Balaban J connectivity index is 2.11. The third kappa shape index (κ3) is 3.16. The summed E-state index contributed by atoms with van der Waals surface area (Å²) in [5.74, 6) is 1.81. The summed E-state index contributed by atoms with van der Waals surface area (Å²) in [6.07, 6.45) is 13.3. The van der Waals surface area contributed by atoms with E-state index in [1.165, 1.54) is 38.5 Å². The standard InChI is InChI=1S/C12H22/c1-3-5-11-7-9-12(6-4-2)10-8-11/h7,10-12H,3-6,8-9H2,1-2H3. The molecule has 0 heteroatoms. The van der Waals surface area contributed by atoms with Crippen molar-refractivity contribution in [2.24, 2.45) is 11.8 Å². The SMILES string of the molecule is CCCC1[CH]CC(CCC)[CH]C1. The maximum Gasteiger partial charge on any atom is -0.0352 e.